The molecule has 0 fully saturated rings. The highest BCUT2D eigenvalue weighted by Gasteiger charge is 2.21. The summed E-state index contributed by atoms with van der Waals surface area (Å²) in [5.74, 6) is -0.0804. The molecule has 0 saturated carbocycles. The summed E-state index contributed by atoms with van der Waals surface area (Å²) < 4.78 is 30.2. The van der Waals surface area contributed by atoms with E-state index in [0.717, 1.165) is 10.6 Å². The lowest BCUT2D eigenvalue weighted by atomic mass is 10.3. The SMILES string of the molecule is COc1ccc(Cl)cc1NC(=O)CN(c1ccccc1)S(C)(=O)=O. The van der Waals surface area contributed by atoms with Gasteiger partial charge in [0.2, 0.25) is 15.9 Å². The summed E-state index contributed by atoms with van der Waals surface area (Å²) in [6.07, 6.45) is 1.05. The Bertz CT molecular complexity index is 825. The van der Waals surface area contributed by atoms with Crippen molar-refractivity contribution in [1.29, 1.82) is 0 Å². The first-order valence-corrected chi connectivity index (χ1v) is 9.20. The van der Waals surface area contributed by atoms with E-state index in [0.29, 0.717) is 22.1 Å². The lowest BCUT2D eigenvalue weighted by Crippen LogP contribution is -2.37. The van der Waals surface area contributed by atoms with Crippen LogP contribution in [0.3, 0.4) is 0 Å². The molecule has 0 aliphatic heterocycles. The second-order valence-electron chi connectivity index (χ2n) is 5.00. The van der Waals surface area contributed by atoms with Crippen LogP contribution < -0.4 is 14.4 Å². The maximum atomic E-state index is 12.3. The Labute approximate surface area is 146 Å². The Morgan fingerprint density at radius 3 is 2.46 bits per heavy atom. The van der Waals surface area contributed by atoms with Gasteiger partial charge < -0.3 is 10.1 Å². The number of halogens is 1. The second kappa shape index (κ2) is 7.55. The summed E-state index contributed by atoms with van der Waals surface area (Å²) >= 11 is 5.92. The second-order valence-corrected chi connectivity index (χ2v) is 7.34. The van der Waals surface area contributed by atoms with E-state index in [1.807, 2.05) is 0 Å². The van der Waals surface area contributed by atoms with Crippen molar-refractivity contribution in [3.8, 4) is 5.75 Å². The first-order valence-electron chi connectivity index (χ1n) is 6.97. The van der Waals surface area contributed by atoms with Crippen LogP contribution in [0.25, 0.3) is 0 Å². The minimum Gasteiger partial charge on any atom is -0.495 e. The molecule has 0 atom stereocenters. The van der Waals surface area contributed by atoms with E-state index in [2.05, 4.69) is 5.32 Å². The molecule has 2 rings (SSSR count). The Kier molecular flexibility index (Phi) is 5.69. The molecule has 0 bridgehead atoms. The Hall–Kier alpha value is -2.25. The number of rotatable bonds is 6. The van der Waals surface area contributed by atoms with Crippen LogP contribution in [0.4, 0.5) is 11.4 Å². The average molecular weight is 369 g/mol. The third-order valence-electron chi connectivity index (χ3n) is 3.17. The number of nitrogens with one attached hydrogen (secondary N) is 1. The molecule has 0 unspecified atom stereocenters. The van der Waals surface area contributed by atoms with Crippen LogP contribution in [0.1, 0.15) is 0 Å². The van der Waals surface area contributed by atoms with Crippen molar-refractivity contribution in [3.63, 3.8) is 0 Å². The molecule has 1 N–H and O–H groups in total. The van der Waals surface area contributed by atoms with Crippen molar-refractivity contribution in [3.05, 3.63) is 53.6 Å². The van der Waals surface area contributed by atoms with Gasteiger partial charge in [-0.1, -0.05) is 29.8 Å². The van der Waals surface area contributed by atoms with Gasteiger partial charge in [0.1, 0.15) is 12.3 Å². The number of nitrogens with zero attached hydrogens (tertiary/aromatic N) is 1. The molecule has 1 amide bonds. The normalized spacial score (nSPS) is 11.0. The van der Waals surface area contributed by atoms with E-state index < -0.39 is 15.9 Å². The summed E-state index contributed by atoms with van der Waals surface area (Å²) in [5, 5.41) is 3.05. The van der Waals surface area contributed by atoms with Crippen molar-refractivity contribution < 1.29 is 17.9 Å². The van der Waals surface area contributed by atoms with Gasteiger partial charge in [0.05, 0.1) is 24.7 Å². The van der Waals surface area contributed by atoms with E-state index in [4.69, 9.17) is 16.3 Å². The highest BCUT2D eigenvalue weighted by atomic mass is 35.5. The average Bonchev–Trinajstić information content (AvgIpc) is 2.52. The van der Waals surface area contributed by atoms with E-state index in [-0.39, 0.29) is 6.54 Å². The fraction of sp³-hybridized carbons (Fsp3) is 0.188. The maximum Gasteiger partial charge on any atom is 0.245 e. The maximum absolute atomic E-state index is 12.3. The van der Waals surface area contributed by atoms with Gasteiger partial charge in [0, 0.05) is 5.02 Å². The predicted molar refractivity (Wildman–Crippen MR) is 95.3 cm³/mol. The molecule has 128 valence electrons. The molecule has 8 heteroatoms. The van der Waals surface area contributed by atoms with Crippen LogP contribution in [0, 0.1) is 0 Å². The van der Waals surface area contributed by atoms with Gasteiger partial charge in [0.25, 0.3) is 0 Å². The number of hydrogen-bond acceptors (Lipinski definition) is 4. The van der Waals surface area contributed by atoms with E-state index in [1.165, 1.54) is 13.2 Å². The summed E-state index contributed by atoms with van der Waals surface area (Å²) in [4.78, 5) is 12.3. The number of methoxy groups -OCH3 is 1. The molecule has 0 aliphatic carbocycles. The zero-order valence-corrected chi connectivity index (χ0v) is 14.8. The number of carbonyl (C=O) groups excluding carboxylic acids is 1. The molecule has 24 heavy (non-hydrogen) atoms. The highest BCUT2D eigenvalue weighted by Crippen LogP contribution is 2.27. The monoisotopic (exact) mass is 368 g/mol. The molecule has 0 spiro atoms. The molecule has 0 aliphatic rings. The summed E-state index contributed by atoms with van der Waals surface area (Å²) in [6.45, 7) is -0.363. The fourth-order valence-electron chi connectivity index (χ4n) is 2.09. The van der Waals surface area contributed by atoms with Crippen molar-refractivity contribution in [1.82, 2.24) is 0 Å². The number of benzene rings is 2. The molecule has 0 radical (unpaired) electrons. The third kappa shape index (κ3) is 4.62. The molecule has 0 saturated heterocycles. The van der Waals surface area contributed by atoms with E-state index >= 15 is 0 Å². The van der Waals surface area contributed by atoms with Crippen molar-refractivity contribution >= 4 is 38.9 Å². The van der Waals surface area contributed by atoms with Gasteiger partial charge in [-0.3, -0.25) is 9.10 Å². The standard InChI is InChI=1S/C16H17ClN2O4S/c1-23-15-9-8-12(17)10-14(15)18-16(20)11-19(24(2,21)22)13-6-4-3-5-7-13/h3-10H,11H2,1-2H3,(H,18,20). The van der Waals surface area contributed by atoms with Crippen LogP contribution in [-0.2, 0) is 14.8 Å². The molecule has 0 heterocycles. The molecular formula is C16H17ClN2O4S. The fourth-order valence-corrected chi connectivity index (χ4v) is 3.12. The first-order chi connectivity index (χ1) is 11.3. The Morgan fingerprint density at radius 1 is 1.21 bits per heavy atom. The smallest absolute Gasteiger partial charge is 0.245 e. The lowest BCUT2D eigenvalue weighted by molar-refractivity contribution is -0.114. The van der Waals surface area contributed by atoms with Crippen LogP contribution in [0.2, 0.25) is 5.02 Å². The van der Waals surface area contributed by atoms with E-state index in [9.17, 15) is 13.2 Å². The number of carbonyl (C=O) groups is 1. The van der Waals surface area contributed by atoms with Gasteiger partial charge in [-0.2, -0.15) is 0 Å². The van der Waals surface area contributed by atoms with Gasteiger partial charge >= 0.3 is 0 Å². The minimum absolute atomic E-state index is 0.363. The number of ether oxygens (including phenoxy) is 1. The molecule has 6 nitrogen and oxygen atoms in total. The van der Waals surface area contributed by atoms with Crippen LogP contribution in [0.5, 0.6) is 5.75 Å². The third-order valence-corrected chi connectivity index (χ3v) is 4.54. The van der Waals surface area contributed by atoms with E-state index in [1.54, 1.807) is 42.5 Å². The van der Waals surface area contributed by atoms with Crippen LogP contribution in [0.15, 0.2) is 48.5 Å². The molecular weight excluding hydrogens is 352 g/mol. The zero-order chi connectivity index (χ0) is 17.7. The summed E-state index contributed by atoms with van der Waals surface area (Å²) in [6, 6.07) is 13.2. The number of para-hydroxylation sites is 1. The lowest BCUT2D eigenvalue weighted by Gasteiger charge is -2.22. The van der Waals surface area contributed by atoms with Gasteiger partial charge in [-0.25, -0.2) is 8.42 Å². The molecule has 0 aromatic heterocycles. The molecule has 2 aromatic carbocycles. The number of anilines is 2. The quantitative estimate of drug-likeness (QED) is 0.850. The van der Waals surface area contributed by atoms with Crippen LogP contribution >= 0.6 is 11.6 Å². The van der Waals surface area contributed by atoms with Crippen molar-refractivity contribution in [2.24, 2.45) is 0 Å². The van der Waals surface area contributed by atoms with Gasteiger partial charge in [-0.15, -0.1) is 0 Å². The highest BCUT2D eigenvalue weighted by molar-refractivity contribution is 7.92. The Morgan fingerprint density at radius 2 is 1.88 bits per heavy atom. The largest absolute Gasteiger partial charge is 0.495 e. The number of amides is 1. The van der Waals surface area contributed by atoms with Gasteiger partial charge in [-0.05, 0) is 30.3 Å². The van der Waals surface area contributed by atoms with Gasteiger partial charge in [0.15, 0.2) is 0 Å². The topological polar surface area (TPSA) is 75.7 Å². The Balaban J connectivity index is 2.22. The predicted octanol–water partition coefficient (Wildman–Crippen LogP) is 2.75. The van der Waals surface area contributed by atoms with Crippen molar-refractivity contribution in [2.45, 2.75) is 0 Å². The summed E-state index contributed by atoms with van der Waals surface area (Å²) in [5.41, 5.74) is 0.782. The number of sulfonamides is 1. The van der Waals surface area contributed by atoms with Crippen LogP contribution in [-0.4, -0.2) is 34.2 Å². The first kappa shape index (κ1) is 18.1. The number of hydrogen-bond donors (Lipinski definition) is 1. The summed E-state index contributed by atoms with van der Waals surface area (Å²) in [7, 11) is -2.15. The minimum atomic E-state index is -3.61. The molecule has 2 aromatic rings. The zero-order valence-electron chi connectivity index (χ0n) is 13.2. The van der Waals surface area contributed by atoms with Crippen molar-refractivity contribution in [2.75, 3.05) is 29.5 Å².